The van der Waals surface area contributed by atoms with E-state index in [1.807, 2.05) is 6.26 Å². The number of halogens is 1. The number of carboxylic acids is 1. The minimum Gasteiger partial charge on any atom is -0.480 e. The predicted molar refractivity (Wildman–Crippen MR) is 78.1 cm³/mol. The molecule has 0 fully saturated rings. The molecule has 0 radical (unpaired) electrons. The molecule has 0 heterocycles. The molecule has 0 saturated carbocycles. The van der Waals surface area contributed by atoms with Gasteiger partial charge in [-0.25, -0.2) is 4.79 Å². The van der Waals surface area contributed by atoms with E-state index < -0.39 is 18.1 Å². The molecule has 3 N–H and O–H groups in total. The average Bonchev–Trinajstić information content (AvgIpc) is 2.23. The molecule has 0 saturated heterocycles. The molecule has 5 nitrogen and oxygen atoms in total. The maximum atomic E-state index is 11.9. The van der Waals surface area contributed by atoms with Crippen LogP contribution in [-0.2, 0) is 9.59 Å². The fourth-order valence-electron chi connectivity index (χ4n) is 1.31. The largest absolute Gasteiger partial charge is 0.480 e. The van der Waals surface area contributed by atoms with Crippen LogP contribution in [0.25, 0.3) is 0 Å². The lowest BCUT2D eigenvalue weighted by Gasteiger charge is -2.27. The Morgan fingerprint density at radius 1 is 1.47 bits per heavy atom. The van der Waals surface area contributed by atoms with E-state index in [4.69, 9.17) is 10.8 Å². The molecular formula is C10H19IN2O3S. The van der Waals surface area contributed by atoms with E-state index in [0.29, 0.717) is 6.42 Å². The summed E-state index contributed by atoms with van der Waals surface area (Å²) in [5.41, 5.74) is 5.74. The maximum Gasteiger partial charge on any atom is 0.327 e. The van der Waals surface area contributed by atoms with Gasteiger partial charge in [0.15, 0.2) is 0 Å². The van der Waals surface area contributed by atoms with Crippen LogP contribution >= 0.6 is 34.6 Å². The third-order valence-corrected chi connectivity index (χ3v) is 4.01. The molecule has 100 valence electrons. The molecule has 0 aliphatic carbocycles. The van der Waals surface area contributed by atoms with Crippen LogP contribution in [0.15, 0.2) is 0 Å². The average molecular weight is 374 g/mol. The zero-order valence-electron chi connectivity index (χ0n) is 10.2. The summed E-state index contributed by atoms with van der Waals surface area (Å²) in [7, 11) is 0. The van der Waals surface area contributed by atoms with Crippen LogP contribution in [0.3, 0.4) is 0 Å². The van der Waals surface area contributed by atoms with E-state index in [-0.39, 0.29) is 11.8 Å². The molecule has 0 aliphatic rings. The van der Waals surface area contributed by atoms with Gasteiger partial charge in [0, 0.05) is 0 Å². The normalized spacial score (nSPS) is 14.5. The standard InChI is InChI=1S/C10H19IN2O3S/c1-6(2)8(10(15)16)13(11)9(14)7(12)4-5-17-3/h6-8H,4-5,12H2,1-3H3,(H,15,16)/t7-,8-/m0/s1. The molecule has 2 atom stereocenters. The Morgan fingerprint density at radius 2 is 2.00 bits per heavy atom. The summed E-state index contributed by atoms with van der Waals surface area (Å²) in [5.74, 6) is -0.682. The molecule has 17 heavy (non-hydrogen) atoms. The highest BCUT2D eigenvalue weighted by Crippen LogP contribution is 2.18. The number of amides is 1. The molecular weight excluding hydrogens is 355 g/mol. The van der Waals surface area contributed by atoms with Crippen LogP contribution in [0.1, 0.15) is 20.3 Å². The van der Waals surface area contributed by atoms with Gasteiger partial charge in [0.05, 0.1) is 28.9 Å². The van der Waals surface area contributed by atoms with Crippen molar-refractivity contribution in [1.29, 1.82) is 0 Å². The summed E-state index contributed by atoms with van der Waals surface area (Å²) < 4.78 is 1.22. The van der Waals surface area contributed by atoms with E-state index in [1.54, 1.807) is 48.5 Å². The van der Waals surface area contributed by atoms with Gasteiger partial charge < -0.3 is 10.8 Å². The van der Waals surface area contributed by atoms with Gasteiger partial charge in [0.25, 0.3) is 0 Å². The Labute approximate surface area is 120 Å². The van der Waals surface area contributed by atoms with Crippen molar-refractivity contribution in [3.63, 3.8) is 0 Å². The third-order valence-electron chi connectivity index (χ3n) is 2.29. The smallest absolute Gasteiger partial charge is 0.327 e. The number of hydrogen-bond acceptors (Lipinski definition) is 4. The zero-order valence-corrected chi connectivity index (χ0v) is 13.2. The van der Waals surface area contributed by atoms with E-state index in [2.05, 4.69) is 0 Å². The molecule has 0 unspecified atom stereocenters. The Kier molecular flexibility index (Phi) is 8.14. The number of nitrogens with zero attached hydrogens (tertiary/aromatic N) is 1. The summed E-state index contributed by atoms with van der Waals surface area (Å²) in [6, 6.07) is -1.46. The van der Waals surface area contributed by atoms with Gasteiger partial charge >= 0.3 is 5.97 Å². The molecule has 0 rings (SSSR count). The van der Waals surface area contributed by atoms with E-state index in [9.17, 15) is 9.59 Å². The number of hydrogen-bond donors (Lipinski definition) is 2. The quantitative estimate of drug-likeness (QED) is 0.519. The first-order valence-electron chi connectivity index (χ1n) is 5.29. The number of carbonyl (C=O) groups excluding carboxylic acids is 1. The fourth-order valence-corrected chi connectivity index (χ4v) is 3.04. The monoisotopic (exact) mass is 374 g/mol. The molecule has 0 spiro atoms. The van der Waals surface area contributed by atoms with Gasteiger partial charge in [-0.3, -0.25) is 7.91 Å². The van der Waals surface area contributed by atoms with E-state index >= 15 is 0 Å². The predicted octanol–water partition coefficient (Wildman–Crippen LogP) is 1.35. The van der Waals surface area contributed by atoms with Crippen LogP contribution in [0, 0.1) is 5.92 Å². The molecule has 0 aromatic carbocycles. The lowest BCUT2D eigenvalue weighted by Crippen LogP contribution is -2.48. The summed E-state index contributed by atoms with van der Waals surface area (Å²) in [4.78, 5) is 23.0. The van der Waals surface area contributed by atoms with Crippen molar-refractivity contribution >= 4 is 46.5 Å². The van der Waals surface area contributed by atoms with Crippen LogP contribution in [0.5, 0.6) is 0 Å². The van der Waals surface area contributed by atoms with Crippen molar-refractivity contribution in [2.24, 2.45) is 11.7 Å². The molecule has 7 heteroatoms. The van der Waals surface area contributed by atoms with Gasteiger partial charge in [0.1, 0.15) is 6.04 Å². The highest BCUT2D eigenvalue weighted by Gasteiger charge is 2.33. The SMILES string of the molecule is CSCC[C@H](N)C(=O)N(I)[C@H](C(=O)O)C(C)C. The number of aliphatic carboxylic acids is 1. The van der Waals surface area contributed by atoms with Gasteiger partial charge in [-0.05, 0) is 24.3 Å². The van der Waals surface area contributed by atoms with Crippen molar-refractivity contribution in [2.75, 3.05) is 12.0 Å². The third kappa shape index (κ3) is 5.43. The number of thioether (sulfide) groups is 1. The first-order chi connectivity index (χ1) is 7.82. The number of carboxylic acid groups (broad SMARTS) is 1. The molecule has 0 aromatic heterocycles. The number of carbonyl (C=O) groups is 2. The highest BCUT2D eigenvalue weighted by molar-refractivity contribution is 14.1. The van der Waals surface area contributed by atoms with Crippen molar-refractivity contribution in [1.82, 2.24) is 3.11 Å². The van der Waals surface area contributed by atoms with E-state index in [0.717, 1.165) is 5.75 Å². The summed E-state index contributed by atoms with van der Waals surface area (Å²) in [5, 5.41) is 9.08. The first-order valence-corrected chi connectivity index (χ1v) is 7.65. The minimum absolute atomic E-state index is 0.152. The van der Waals surface area contributed by atoms with Crippen molar-refractivity contribution < 1.29 is 14.7 Å². The Bertz CT molecular complexity index is 276. The second-order valence-corrected chi connectivity index (χ2v) is 6.09. The van der Waals surface area contributed by atoms with Gasteiger partial charge in [-0.1, -0.05) is 13.8 Å². The topological polar surface area (TPSA) is 83.6 Å². The zero-order chi connectivity index (χ0) is 13.6. The maximum absolute atomic E-state index is 11.9. The lowest BCUT2D eigenvalue weighted by molar-refractivity contribution is -0.146. The van der Waals surface area contributed by atoms with Gasteiger partial charge in [0.2, 0.25) is 5.91 Å². The molecule has 0 bridgehead atoms. The summed E-state index contributed by atoms with van der Waals surface area (Å²) >= 11 is 3.35. The highest BCUT2D eigenvalue weighted by atomic mass is 127. The van der Waals surface area contributed by atoms with Crippen LogP contribution < -0.4 is 5.73 Å². The van der Waals surface area contributed by atoms with Crippen LogP contribution in [0.2, 0.25) is 0 Å². The second-order valence-electron chi connectivity index (χ2n) is 4.06. The lowest BCUT2D eigenvalue weighted by atomic mass is 10.0. The second kappa shape index (κ2) is 8.15. The Hall–Kier alpha value is -0.0200. The minimum atomic E-state index is -1.00. The molecule has 0 aliphatic heterocycles. The summed E-state index contributed by atoms with van der Waals surface area (Å²) in [6.45, 7) is 3.54. The van der Waals surface area contributed by atoms with Crippen molar-refractivity contribution in [3.8, 4) is 0 Å². The molecule has 1 amide bonds. The summed E-state index contributed by atoms with van der Waals surface area (Å²) in [6.07, 6.45) is 2.50. The van der Waals surface area contributed by atoms with Crippen molar-refractivity contribution in [2.45, 2.75) is 32.4 Å². The van der Waals surface area contributed by atoms with E-state index in [1.165, 1.54) is 3.11 Å². The van der Waals surface area contributed by atoms with Crippen LogP contribution in [-0.4, -0.2) is 44.2 Å². The fraction of sp³-hybridized carbons (Fsp3) is 0.800. The first kappa shape index (κ1) is 17.0. The Morgan fingerprint density at radius 3 is 2.35 bits per heavy atom. The van der Waals surface area contributed by atoms with Gasteiger partial charge in [-0.15, -0.1) is 0 Å². The van der Waals surface area contributed by atoms with Crippen LogP contribution in [0.4, 0.5) is 0 Å². The molecule has 0 aromatic rings. The number of nitrogens with two attached hydrogens (primary N) is 1. The Balaban J connectivity index is 4.60. The number of rotatable bonds is 7. The van der Waals surface area contributed by atoms with Crippen molar-refractivity contribution in [3.05, 3.63) is 0 Å². The van der Waals surface area contributed by atoms with Gasteiger partial charge in [-0.2, -0.15) is 11.8 Å².